The minimum Gasteiger partial charge on any atom is -0.442 e. The highest BCUT2D eigenvalue weighted by Crippen LogP contribution is 2.16. The van der Waals surface area contributed by atoms with Gasteiger partial charge in [0.05, 0.1) is 0 Å². The monoisotopic (exact) mass is 282 g/mol. The summed E-state index contributed by atoms with van der Waals surface area (Å²) in [6.07, 6.45) is 0. The van der Waals surface area contributed by atoms with Gasteiger partial charge in [0.25, 0.3) is 9.28 Å². The van der Waals surface area contributed by atoms with Crippen LogP contribution >= 0.6 is 0 Å². The fourth-order valence-corrected chi connectivity index (χ4v) is 15.1. The fourth-order valence-electron chi connectivity index (χ4n) is 1.57. The van der Waals surface area contributed by atoms with Crippen molar-refractivity contribution < 1.29 is 12.3 Å². The molecular weight excluding hydrogens is 256 g/mol. The third kappa shape index (κ3) is 9.66. The molecule has 0 rings (SSSR count). The summed E-state index contributed by atoms with van der Waals surface area (Å²) in [7, 11) is -5.84. The Kier molecular flexibility index (Phi) is 6.19. The molecule has 0 aromatic carbocycles. The van der Waals surface area contributed by atoms with Crippen molar-refractivity contribution in [3.8, 4) is 0 Å². The molecule has 0 saturated heterocycles. The summed E-state index contributed by atoms with van der Waals surface area (Å²) in [6.45, 7) is 17.3. The minimum absolute atomic E-state index is 0.956. The summed E-state index contributed by atoms with van der Waals surface area (Å²) in [6, 6.07) is 0. The SMILES string of the molecule is C[SiH](C)O[SiH](C)O[Si](C)(C)O[Si](C)(C)C. The molecule has 7 heteroatoms. The first-order valence-electron chi connectivity index (χ1n) is 5.55. The molecule has 1 atom stereocenters. The standard InChI is InChI=1S/C8H26O3Si4/c1-12(2)9-13(3)10-15(7,8)11-14(4,5)6/h12-13H,1-8H3. The Morgan fingerprint density at radius 2 is 1.33 bits per heavy atom. The average Bonchev–Trinajstić information content (AvgIpc) is 1.73. The molecule has 0 aliphatic rings. The molecule has 15 heavy (non-hydrogen) atoms. The Morgan fingerprint density at radius 1 is 0.867 bits per heavy atom. The molecule has 1 unspecified atom stereocenters. The smallest absolute Gasteiger partial charge is 0.312 e. The van der Waals surface area contributed by atoms with E-state index in [9.17, 15) is 0 Å². The summed E-state index contributed by atoms with van der Waals surface area (Å²) in [4.78, 5) is 0. The zero-order chi connectivity index (χ0) is 12.3. The third-order valence-corrected chi connectivity index (χ3v) is 13.2. The van der Waals surface area contributed by atoms with Gasteiger partial charge in [0, 0.05) is 0 Å². The summed E-state index contributed by atoms with van der Waals surface area (Å²) in [5, 5.41) is 0. The van der Waals surface area contributed by atoms with Crippen LogP contribution in [0.1, 0.15) is 0 Å². The van der Waals surface area contributed by atoms with Gasteiger partial charge in [-0.25, -0.2) is 0 Å². The van der Waals surface area contributed by atoms with Crippen LogP contribution in [0.15, 0.2) is 0 Å². The van der Waals surface area contributed by atoms with E-state index in [0.29, 0.717) is 0 Å². The van der Waals surface area contributed by atoms with E-state index in [-0.39, 0.29) is 0 Å². The molecule has 0 fully saturated rings. The number of hydrogen-bond donors (Lipinski definition) is 0. The first-order valence-corrected chi connectivity index (χ1v) is 16.7. The highest BCUT2D eigenvalue weighted by atomic mass is 28.5. The molecule has 0 amide bonds. The molecular formula is C8H26O3Si4. The van der Waals surface area contributed by atoms with Gasteiger partial charge >= 0.3 is 8.56 Å². The van der Waals surface area contributed by atoms with E-state index in [1.165, 1.54) is 0 Å². The van der Waals surface area contributed by atoms with Crippen LogP contribution in [0.25, 0.3) is 0 Å². The van der Waals surface area contributed by atoms with Crippen molar-refractivity contribution in [1.82, 2.24) is 0 Å². The average molecular weight is 283 g/mol. The maximum Gasteiger partial charge on any atom is 0.312 e. The molecule has 0 radical (unpaired) electrons. The first kappa shape index (κ1) is 15.7. The Hall–Kier alpha value is 0.748. The van der Waals surface area contributed by atoms with Gasteiger partial charge in [-0.1, -0.05) is 0 Å². The Morgan fingerprint density at radius 3 is 1.67 bits per heavy atom. The number of hydrogen-bond acceptors (Lipinski definition) is 3. The zero-order valence-corrected chi connectivity index (χ0v) is 15.7. The van der Waals surface area contributed by atoms with Crippen LogP contribution in [0.5, 0.6) is 0 Å². The maximum atomic E-state index is 6.10. The van der Waals surface area contributed by atoms with Gasteiger partial charge in [-0.3, -0.25) is 0 Å². The Bertz CT molecular complexity index is 191. The lowest BCUT2D eigenvalue weighted by atomic mass is 11.8. The maximum absolute atomic E-state index is 6.10. The van der Waals surface area contributed by atoms with E-state index in [0.717, 1.165) is 0 Å². The normalized spacial score (nSPS) is 15.8. The molecule has 0 N–H and O–H groups in total. The van der Waals surface area contributed by atoms with E-state index >= 15 is 0 Å². The van der Waals surface area contributed by atoms with Crippen LogP contribution in [0.2, 0.25) is 52.4 Å². The lowest BCUT2D eigenvalue weighted by molar-refractivity contribution is 0.356. The van der Waals surface area contributed by atoms with Gasteiger partial charge in [0.1, 0.15) is 0 Å². The highest BCUT2D eigenvalue weighted by Gasteiger charge is 2.33. The second-order valence-corrected chi connectivity index (χ2v) is 18.6. The van der Waals surface area contributed by atoms with E-state index in [2.05, 4.69) is 52.4 Å². The zero-order valence-electron chi connectivity index (χ0n) is 11.4. The molecule has 92 valence electrons. The van der Waals surface area contributed by atoms with E-state index in [1.807, 2.05) is 0 Å². The van der Waals surface area contributed by atoms with Gasteiger partial charge in [-0.2, -0.15) is 0 Å². The summed E-state index contributed by atoms with van der Waals surface area (Å²) in [5.41, 5.74) is 0. The summed E-state index contributed by atoms with van der Waals surface area (Å²) >= 11 is 0. The van der Waals surface area contributed by atoms with Crippen LogP contribution in [-0.2, 0) is 12.3 Å². The van der Waals surface area contributed by atoms with Crippen LogP contribution in [-0.4, -0.2) is 35.2 Å². The van der Waals surface area contributed by atoms with Crippen molar-refractivity contribution >= 4 is 35.2 Å². The second-order valence-electron chi connectivity index (χ2n) is 5.48. The molecule has 0 aliphatic carbocycles. The van der Waals surface area contributed by atoms with Crippen molar-refractivity contribution in [2.45, 2.75) is 52.4 Å². The molecule has 0 saturated carbocycles. The van der Waals surface area contributed by atoms with Crippen molar-refractivity contribution in [3.05, 3.63) is 0 Å². The lowest BCUT2D eigenvalue weighted by Crippen LogP contribution is -2.48. The van der Waals surface area contributed by atoms with E-state index in [4.69, 9.17) is 12.3 Å². The molecule has 0 bridgehead atoms. The summed E-state index contributed by atoms with van der Waals surface area (Å²) < 4.78 is 18.0. The minimum atomic E-state index is -1.95. The van der Waals surface area contributed by atoms with Gasteiger partial charge < -0.3 is 12.3 Å². The molecule has 3 nitrogen and oxygen atoms in total. The lowest BCUT2D eigenvalue weighted by Gasteiger charge is -2.33. The molecule has 0 heterocycles. The van der Waals surface area contributed by atoms with Crippen LogP contribution in [0.3, 0.4) is 0 Å². The topological polar surface area (TPSA) is 27.7 Å². The van der Waals surface area contributed by atoms with Crippen LogP contribution in [0, 0.1) is 0 Å². The molecule has 0 aliphatic heterocycles. The summed E-state index contributed by atoms with van der Waals surface area (Å²) in [5.74, 6) is 0. The molecule has 0 aromatic heterocycles. The van der Waals surface area contributed by atoms with Crippen LogP contribution in [0.4, 0.5) is 0 Å². The van der Waals surface area contributed by atoms with Crippen molar-refractivity contribution in [1.29, 1.82) is 0 Å². The van der Waals surface area contributed by atoms with Crippen molar-refractivity contribution in [2.24, 2.45) is 0 Å². The molecule has 0 spiro atoms. The second kappa shape index (κ2) is 5.89. The molecule has 0 aromatic rings. The van der Waals surface area contributed by atoms with Crippen molar-refractivity contribution in [3.63, 3.8) is 0 Å². The third-order valence-electron chi connectivity index (χ3n) is 1.47. The quantitative estimate of drug-likeness (QED) is 0.700. The van der Waals surface area contributed by atoms with Crippen molar-refractivity contribution in [2.75, 3.05) is 0 Å². The van der Waals surface area contributed by atoms with Gasteiger partial charge in [0.15, 0.2) is 17.4 Å². The van der Waals surface area contributed by atoms with Gasteiger partial charge in [-0.15, -0.1) is 0 Å². The Balaban J connectivity index is 4.13. The number of rotatable bonds is 6. The van der Waals surface area contributed by atoms with Gasteiger partial charge in [-0.05, 0) is 52.4 Å². The van der Waals surface area contributed by atoms with E-state index in [1.54, 1.807) is 0 Å². The predicted octanol–water partition coefficient (Wildman–Crippen LogP) is 2.41. The van der Waals surface area contributed by atoms with Gasteiger partial charge in [0.2, 0.25) is 0 Å². The van der Waals surface area contributed by atoms with E-state index < -0.39 is 35.2 Å². The first-order chi connectivity index (χ1) is 6.52. The predicted molar refractivity (Wildman–Crippen MR) is 76.0 cm³/mol. The Labute approximate surface area is 100 Å². The van der Waals surface area contributed by atoms with Crippen LogP contribution < -0.4 is 0 Å². The highest BCUT2D eigenvalue weighted by molar-refractivity contribution is 6.84. The fraction of sp³-hybridized carbons (Fsp3) is 1.00. The largest absolute Gasteiger partial charge is 0.442 e.